The van der Waals surface area contributed by atoms with Crippen LogP contribution < -0.4 is 16.4 Å². The molecule has 7 nitrogen and oxygen atoms in total. The van der Waals surface area contributed by atoms with E-state index in [1.807, 2.05) is 6.07 Å². The molecule has 0 aliphatic heterocycles. The summed E-state index contributed by atoms with van der Waals surface area (Å²) >= 11 is 0. The highest BCUT2D eigenvalue weighted by molar-refractivity contribution is 5.98. The summed E-state index contributed by atoms with van der Waals surface area (Å²) in [6, 6.07) is 19.1. The highest BCUT2D eigenvalue weighted by Gasteiger charge is 2.20. The third-order valence-corrected chi connectivity index (χ3v) is 4.29. The van der Waals surface area contributed by atoms with Crippen LogP contribution in [0, 0.1) is 5.41 Å². The van der Waals surface area contributed by atoms with Gasteiger partial charge in [0.2, 0.25) is 5.91 Å². The smallest absolute Gasteiger partial charge is 0.252 e. The summed E-state index contributed by atoms with van der Waals surface area (Å²) in [4.78, 5) is 24.5. The van der Waals surface area contributed by atoms with Crippen molar-refractivity contribution in [3.05, 3.63) is 89.5 Å². The van der Waals surface area contributed by atoms with Crippen LogP contribution in [-0.2, 0) is 4.79 Å². The van der Waals surface area contributed by atoms with Crippen LogP contribution >= 0.6 is 0 Å². The van der Waals surface area contributed by atoms with Crippen molar-refractivity contribution < 1.29 is 14.7 Å². The highest BCUT2D eigenvalue weighted by atomic mass is 16.3. The number of amides is 2. The lowest BCUT2D eigenvalue weighted by atomic mass is 10.1. The number of benzene rings is 3. The van der Waals surface area contributed by atoms with Gasteiger partial charge in [0.15, 0.2) is 0 Å². The first-order valence-electron chi connectivity index (χ1n) is 8.83. The second kappa shape index (κ2) is 8.71. The maximum absolute atomic E-state index is 12.7. The fraction of sp³-hybridized carbons (Fsp3) is 0.0455. The van der Waals surface area contributed by atoms with Gasteiger partial charge in [0.1, 0.15) is 11.8 Å². The van der Waals surface area contributed by atoms with Gasteiger partial charge in [-0.15, -0.1) is 0 Å². The molecule has 0 heterocycles. The molecule has 0 aliphatic rings. The number of carbonyl (C=O) groups excluding carboxylic acids is 2. The van der Waals surface area contributed by atoms with Crippen molar-refractivity contribution in [3.8, 4) is 5.75 Å². The predicted molar refractivity (Wildman–Crippen MR) is 112 cm³/mol. The van der Waals surface area contributed by atoms with Crippen LogP contribution in [0.3, 0.4) is 0 Å². The molecule has 3 aromatic rings. The Kier molecular flexibility index (Phi) is 5.89. The number of phenolic OH excluding ortho intramolecular Hbond substituents is 1. The summed E-state index contributed by atoms with van der Waals surface area (Å²) in [5.41, 5.74) is 8.12. The molecule has 146 valence electrons. The van der Waals surface area contributed by atoms with Gasteiger partial charge in [-0.05, 0) is 42.0 Å². The molecular weight excluding hydrogens is 368 g/mol. The Morgan fingerprint density at radius 1 is 1.00 bits per heavy atom. The number of nitrogens with one attached hydrogen (secondary N) is 3. The highest BCUT2D eigenvalue weighted by Crippen LogP contribution is 2.24. The molecule has 0 spiro atoms. The zero-order valence-electron chi connectivity index (χ0n) is 15.4. The Hall–Kier alpha value is -4.13. The minimum absolute atomic E-state index is 0.0561. The number of anilines is 2. The number of hydrogen-bond acceptors (Lipinski definition) is 5. The average molecular weight is 388 g/mol. The van der Waals surface area contributed by atoms with Crippen LogP contribution in [0.2, 0.25) is 0 Å². The normalized spacial score (nSPS) is 11.3. The second-order valence-corrected chi connectivity index (χ2v) is 6.34. The molecule has 2 amide bonds. The summed E-state index contributed by atoms with van der Waals surface area (Å²) in [7, 11) is 0. The molecule has 6 N–H and O–H groups in total. The lowest BCUT2D eigenvalue weighted by Crippen LogP contribution is -2.37. The Balaban J connectivity index is 1.81. The van der Waals surface area contributed by atoms with E-state index in [0.29, 0.717) is 28.1 Å². The van der Waals surface area contributed by atoms with Crippen molar-refractivity contribution in [1.82, 2.24) is 5.32 Å². The maximum Gasteiger partial charge on any atom is 0.252 e. The van der Waals surface area contributed by atoms with Crippen molar-refractivity contribution in [2.45, 2.75) is 6.04 Å². The minimum atomic E-state index is -0.943. The molecular formula is C22H20N4O3. The Labute approximate surface area is 167 Å². The number of carbonyl (C=O) groups is 2. The van der Waals surface area contributed by atoms with Crippen LogP contribution in [0.4, 0.5) is 11.4 Å². The van der Waals surface area contributed by atoms with Gasteiger partial charge in [-0.1, -0.05) is 36.4 Å². The van der Waals surface area contributed by atoms with Crippen LogP contribution in [0.25, 0.3) is 0 Å². The Bertz CT molecular complexity index is 1050. The van der Waals surface area contributed by atoms with Gasteiger partial charge in [-0.3, -0.25) is 9.59 Å². The molecule has 0 aliphatic carbocycles. The quantitative estimate of drug-likeness (QED) is 0.315. The molecule has 29 heavy (non-hydrogen) atoms. The molecule has 0 saturated heterocycles. The minimum Gasteiger partial charge on any atom is -0.508 e. The topological polar surface area (TPSA) is 128 Å². The van der Waals surface area contributed by atoms with Gasteiger partial charge >= 0.3 is 0 Å². The van der Waals surface area contributed by atoms with Crippen molar-refractivity contribution in [2.24, 2.45) is 5.73 Å². The SMILES string of the molecule is N=Cc1cc(O)ccc1Nc1cccc(C(=O)NC(C(N)=O)c2ccccc2)c1. The summed E-state index contributed by atoms with van der Waals surface area (Å²) < 4.78 is 0. The average Bonchev–Trinajstić information content (AvgIpc) is 2.73. The van der Waals surface area contributed by atoms with Crippen molar-refractivity contribution in [1.29, 1.82) is 5.41 Å². The van der Waals surface area contributed by atoms with E-state index in [9.17, 15) is 14.7 Å². The zero-order chi connectivity index (χ0) is 20.8. The monoisotopic (exact) mass is 388 g/mol. The molecule has 1 unspecified atom stereocenters. The molecule has 0 saturated carbocycles. The first-order valence-corrected chi connectivity index (χ1v) is 8.83. The fourth-order valence-electron chi connectivity index (χ4n) is 2.86. The number of primary amides is 1. The molecule has 0 fully saturated rings. The molecule has 0 radical (unpaired) electrons. The van der Waals surface area contributed by atoms with Crippen LogP contribution in [0.15, 0.2) is 72.8 Å². The van der Waals surface area contributed by atoms with E-state index in [4.69, 9.17) is 11.1 Å². The Morgan fingerprint density at radius 3 is 2.45 bits per heavy atom. The van der Waals surface area contributed by atoms with Crippen molar-refractivity contribution in [2.75, 3.05) is 5.32 Å². The first kappa shape index (κ1) is 19.6. The van der Waals surface area contributed by atoms with E-state index in [-0.39, 0.29) is 5.75 Å². The van der Waals surface area contributed by atoms with E-state index < -0.39 is 17.9 Å². The van der Waals surface area contributed by atoms with Crippen molar-refractivity contribution in [3.63, 3.8) is 0 Å². The van der Waals surface area contributed by atoms with Gasteiger partial charge in [0, 0.05) is 28.7 Å². The standard InChI is InChI=1S/C22H20N4O3/c23-13-16-12-18(27)9-10-19(16)25-17-8-4-7-15(11-17)22(29)26-20(21(24)28)14-5-2-1-3-6-14/h1-13,20,23,25,27H,(H2,24,28)(H,26,29). The first-order chi connectivity index (χ1) is 14.0. The Morgan fingerprint density at radius 2 is 1.76 bits per heavy atom. The van der Waals surface area contributed by atoms with Gasteiger partial charge in [-0.25, -0.2) is 0 Å². The number of aromatic hydroxyl groups is 1. The number of hydrogen-bond donors (Lipinski definition) is 5. The second-order valence-electron chi connectivity index (χ2n) is 6.34. The number of phenols is 1. The van der Waals surface area contributed by atoms with Gasteiger partial charge in [0.05, 0.1) is 0 Å². The van der Waals surface area contributed by atoms with Gasteiger partial charge in [-0.2, -0.15) is 0 Å². The van der Waals surface area contributed by atoms with Crippen LogP contribution in [0.5, 0.6) is 5.75 Å². The van der Waals surface area contributed by atoms with E-state index in [1.165, 1.54) is 12.1 Å². The lowest BCUT2D eigenvalue weighted by molar-refractivity contribution is -0.120. The molecule has 3 aromatic carbocycles. The lowest BCUT2D eigenvalue weighted by Gasteiger charge is -2.16. The van der Waals surface area contributed by atoms with E-state index in [0.717, 1.165) is 6.21 Å². The third kappa shape index (κ3) is 4.78. The summed E-state index contributed by atoms with van der Waals surface area (Å²) in [5.74, 6) is -1.04. The van der Waals surface area contributed by atoms with E-state index in [1.54, 1.807) is 54.6 Å². The maximum atomic E-state index is 12.7. The van der Waals surface area contributed by atoms with E-state index >= 15 is 0 Å². The van der Waals surface area contributed by atoms with Crippen molar-refractivity contribution >= 4 is 29.4 Å². The van der Waals surface area contributed by atoms with E-state index in [2.05, 4.69) is 10.6 Å². The summed E-state index contributed by atoms with van der Waals surface area (Å²) in [5, 5.41) is 22.8. The molecule has 0 aromatic heterocycles. The zero-order valence-corrected chi connectivity index (χ0v) is 15.4. The van der Waals surface area contributed by atoms with Crippen LogP contribution in [-0.4, -0.2) is 23.1 Å². The largest absolute Gasteiger partial charge is 0.508 e. The number of rotatable bonds is 7. The molecule has 7 heteroatoms. The molecule has 1 atom stereocenters. The summed E-state index contributed by atoms with van der Waals surface area (Å²) in [6.45, 7) is 0. The van der Waals surface area contributed by atoms with Gasteiger partial charge < -0.3 is 26.9 Å². The van der Waals surface area contributed by atoms with Crippen LogP contribution in [0.1, 0.15) is 27.5 Å². The third-order valence-electron chi connectivity index (χ3n) is 4.29. The summed E-state index contributed by atoms with van der Waals surface area (Å²) in [6.07, 6.45) is 1.12. The van der Waals surface area contributed by atoms with Gasteiger partial charge in [0.25, 0.3) is 5.91 Å². The number of nitrogens with two attached hydrogens (primary N) is 1. The fourth-order valence-corrected chi connectivity index (χ4v) is 2.86. The molecule has 3 rings (SSSR count). The molecule has 0 bridgehead atoms. The predicted octanol–water partition coefficient (Wildman–Crippen LogP) is 3.09.